The molecular weight excluding hydrogens is 562 g/mol. The topological polar surface area (TPSA) is 141 Å². The number of carbonyl (C=O) groups excluding carboxylic acids is 1. The number of anilines is 3. The van der Waals surface area contributed by atoms with Crippen LogP contribution in [0.25, 0.3) is 0 Å². The highest BCUT2D eigenvalue weighted by Gasteiger charge is 2.14. The Morgan fingerprint density at radius 2 is 1.32 bits per heavy atom. The highest BCUT2D eigenvalue weighted by molar-refractivity contribution is 5.94. The van der Waals surface area contributed by atoms with Crippen LogP contribution in [-0.2, 0) is 22.6 Å². The van der Waals surface area contributed by atoms with Gasteiger partial charge in [0.1, 0.15) is 0 Å². The highest BCUT2D eigenvalue weighted by atomic mass is 16.7. The van der Waals surface area contributed by atoms with Gasteiger partial charge < -0.3 is 40.2 Å². The number of amides is 1. The second-order valence-electron chi connectivity index (χ2n) is 9.96. The number of fused-ring (bicyclic) bond motifs is 1. The van der Waals surface area contributed by atoms with Gasteiger partial charge in [0.25, 0.3) is 5.91 Å². The number of ether oxygens (including phenoxy) is 4. The fraction of sp³-hybridized carbons (Fsp3) is 0.312. The van der Waals surface area contributed by atoms with Crippen molar-refractivity contribution < 1.29 is 23.7 Å². The molecule has 0 unspecified atom stereocenters. The van der Waals surface area contributed by atoms with Crippen molar-refractivity contribution >= 4 is 23.8 Å². The van der Waals surface area contributed by atoms with Gasteiger partial charge in [-0.1, -0.05) is 54.1 Å². The van der Waals surface area contributed by atoms with E-state index < -0.39 is 0 Å². The maximum Gasteiger partial charge on any atom is 0.251 e. The lowest BCUT2D eigenvalue weighted by atomic mass is 10.1. The number of hydrogen-bond acceptors (Lipinski definition) is 11. The Morgan fingerprint density at radius 3 is 2.05 bits per heavy atom. The van der Waals surface area contributed by atoms with E-state index in [1.165, 1.54) is 5.56 Å². The van der Waals surface area contributed by atoms with E-state index in [9.17, 15) is 4.79 Å². The normalized spacial score (nSPS) is 11.7. The zero-order chi connectivity index (χ0) is 30.4. The molecule has 5 rings (SSSR count). The molecule has 0 saturated heterocycles. The van der Waals surface area contributed by atoms with E-state index in [2.05, 4.69) is 67.4 Å². The third-order valence-corrected chi connectivity index (χ3v) is 6.56. The molecule has 0 saturated carbocycles. The first-order chi connectivity index (χ1) is 21.6. The summed E-state index contributed by atoms with van der Waals surface area (Å²) in [5.74, 6) is 2.65. The molecule has 12 nitrogen and oxygen atoms in total. The first-order valence-electron chi connectivity index (χ1n) is 14.5. The molecule has 4 N–H and O–H groups in total. The zero-order valence-corrected chi connectivity index (χ0v) is 24.7. The maximum absolute atomic E-state index is 12.0. The summed E-state index contributed by atoms with van der Waals surface area (Å²) < 4.78 is 22.1. The van der Waals surface area contributed by atoms with Gasteiger partial charge in [0, 0.05) is 31.7 Å². The minimum atomic E-state index is -0.116. The van der Waals surface area contributed by atoms with Crippen LogP contribution >= 0.6 is 0 Å². The average molecular weight is 600 g/mol. The number of nitrogens with zero attached hydrogens (tertiary/aromatic N) is 3. The summed E-state index contributed by atoms with van der Waals surface area (Å²) in [4.78, 5) is 25.7. The Hall–Kier alpha value is -4.94. The summed E-state index contributed by atoms with van der Waals surface area (Å²) in [5.41, 5.74) is 3.96. The molecule has 1 aliphatic rings. The van der Waals surface area contributed by atoms with Crippen molar-refractivity contribution in [2.45, 2.75) is 20.0 Å². The summed E-state index contributed by atoms with van der Waals surface area (Å²) in [6.07, 6.45) is 0. The zero-order valence-electron chi connectivity index (χ0n) is 24.7. The lowest BCUT2D eigenvalue weighted by molar-refractivity contribution is 0.0519. The fourth-order valence-corrected chi connectivity index (χ4v) is 4.22. The van der Waals surface area contributed by atoms with Crippen molar-refractivity contribution in [3.8, 4) is 11.5 Å². The third-order valence-electron chi connectivity index (χ3n) is 6.56. The molecule has 1 aliphatic heterocycles. The predicted molar refractivity (Wildman–Crippen MR) is 167 cm³/mol. The van der Waals surface area contributed by atoms with Crippen LogP contribution in [0.15, 0.2) is 72.8 Å². The van der Waals surface area contributed by atoms with E-state index in [4.69, 9.17) is 18.9 Å². The van der Waals surface area contributed by atoms with Crippen molar-refractivity contribution in [1.82, 2.24) is 20.3 Å². The second-order valence-corrected chi connectivity index (χ2v) is 9.96. The van der Waals surface area contributed by atoms with Crippen LogP contribution in [0.3, 0.4) is 0 Å². The first-order valence-corrected chi connectivity index (χ1v) is 14.5. The summed E-state index contributed by atoms with van der Waals surface area (Å²) in [7, 11) is 0. The Labute approximate surface area is 256 Å². The van der Waals surface area contributed by atoms with E-state index in [-0.39, 0.29) is 12.7 Å². The monoisotopic (exact) mass is 599 g/mol. The van der Waals surface area contributed by atoms with Crippen molar-refractivity contribution in [2.24, 2.45) is 0 Å². The van der Waals surface area contributed by atoms with Crippen LogP contribution in [0.2, 0.25) is 0 Å². The fourth-order valence-electron chi connectivity index (χ4n) is 4.22. The molecule has 44 heavy (non-hydrogen) atoms. The molecule has 0 radical (unpaired) electrons. The molecule has 1 aromatic heterocycles. The lowest BCUT2D eigenvalue weighted by Gasteiger charge is -2.12. The lowest BCUT2D eigenvalue weighted by Crippen LogP contribution is -2.27. The minimum Gasteiger partial charge on any atom is -0.454 e. The number of aromatic nitrogens is 3. The summed E-state index contributed by atoms with van der Waals surface area (Å²) in [6.45, 7) is 5.99. The van der Waals surface area contributed by atoms with Crippen LogP contribution in [0.1, 0.15) is 27.0 Å². The summed E-state index contributed by atoms with van der Waals surface area (Å²) in [6, 6.07) is 23.2. The van der Waals surface area contributed by atoms with Gasteiger partial charge in [0.2, 0.25) is 24.6 Å². The smallest absolute Gasteiger partial charge is 0.251 e. The number of aryl methyl sites for hydroxylation is 1. The first kappa shape index (κ1) is 30.5. The molecule has 230 valence electrons. The Morgan fingerprint density at radius 1 is 0.705 bits per heavy atom. The number of nitrogens with one attached hydrogen (secondary N) is 4. The van der Waals surface area contributed by atoms with Gasteiger partial charge in [-0.3, -0.25) is 4.79 Å². The van der Waals surface area contributed by atoms with E-state index in [1.807, 2.05) is 36.4 Å². The molecule has 0 atom stereocenters. The quantitative estimate of drug-likeness (QED) is 0.131. The molecule has 12 heteroatoms. The van der Waals surface area contributed by atoms with Crippen molar-refractivity contribution in [3.05, 3.63) is 95.1 Å². The van der Waals surface area contributed by atoms with Gasteiger partial charge in [-0.05, 0) is 42.3 Å². The van der Waals surface area contributed by atoms with Crippen molar-refractivity contribution in [1.29, 1.82) is 0 Å². The van der Waals surface area contributed by atoms with Crippen LogP contribution in [0.4, 0.5) is 17.8 Å². The molecule has 0 spiro atoms. The van der Waals surface area contributed by atoms with E-state index in [0.717, 1.165) is 22.6 Å². The summed E-state index contributed by atoms with van der Waals surface area (Å²) >= 11 is 0. The average Bonchev–Trinajstić information content (AvgIpc) is 3.53. The third kappa shape index (κ3) is 9.54. The van der Waals surface area contributed by atoms with Crippen LogP contribution in [0, 0.1) is 6.92 Å². The van der Waals surface area contributed by atoms with Gasteiger partial charge in [0.15, 0.2) is 11.5 Å². The molecular formula is C32H37N7O5. The predicted octanol–water partition coefficient (Wildman–Crippen LogP) is 4.01. The molecule has 0 aliphatic carbocycles. The van der Waals surface area contributed by atoms with Crippen molar-refractivity contribution in [3.63, 3.8) is 0 Å². The van der Waals surface area contributed by atoms with Gasteiger partial charge in [-0.15, -0.1) is 0 Å². The number of rotatable bonds is 17. The van der Waals surface area contributed by atoms with Gasteiger partial charge in [0.05, 0.1) is 26.4 Å². The van der Waals surface area contributed by atoms with Gasteiger partial charge in [-0.2, -0.15) is 15.0 Å². The largest absolute Gasteiger partial charge is 0.454 e. The Kier molecular flexibility index (Phi) is 11.1. The van der Waals surface area contributed by atoms with Gasteiger partial charge >= 0.3 is 0 Å². The highest BCUT2D eigenvalue weighted by Crippen LogP contribution is 2.32. The molecule has 1 amide bonds. The van der Waals surface area contributed by atoms with Crippen LogP contribution in [0.5, 0.6) is 11.5 Å². The number of carbonyl (C=O) groups is 1. The molecule has 0 bridgehead atoms. The van der Waals surface area contributed by atoms with Crippen molar-refractivity contribution in [2.75, 3.05) is 62.3 Å². The van der Waals surface area contributed by atoms with Crippen LogP contribution < -0.4 is 30.7 Å². The molecule has 4 aromatic rings. The molecule has 3 aromatic carbocycles. The SMILES string of the molecule is Cc1ccc(CNc2nc(NCCOCCOCCNC(=O)c3ccccc3)nc(NCc3ccc4c(c3)OCO4)n2)cc1. The maximum atomic E-state index is 12.0. The summed E-state index contributed by atoms with van der Waals surface area (Å²) in [5, 5.41) is 12.6. The van der Waals surface area contributed by atoms with Crippen LogP contribution in [-0.4, -0.2) is 67.2 Å². The molecule has 2 heterocycles. The van der Waals surface area contributed by atoms with Gasteiger partial charge in [-0.25, -0.2) is 0 Å². The molecule has 0 fully saturated rings. The standard InChI is InChI=1S/C32H37N7O5/c1-23-7-9-24(10-8-23)20-35-31-37-30(38-32(39-31)36-21-25-11-12-27-28(19-25)44-22-43-27)34-14-16-42-18-17-41-15-13-33-29(40)26-5-3-2-4-6-26/h2-12,19H,13-18,20-22H2,1H3,(H,33,40)(H3,34,35,36,37,38,39). The van der Waals surface area contributed by atoms with E-state index in [1.54, 1.807) is 12.1 Å². The minimum absolute atomic E-state index is 0.116. The Bertz CT molecular complexity index is 1490. The number of hydrogen-bond donors (Lipinski definition) is 4. The second kappa shape index (κ2) is 16.1. The van der Waals surface area contributed by atoms with E-state index >= 15 is 0 Å². The Balaban J connectivity index is 1.05. The number of benzene rings is 3. The van der Waals surface area contributed by atoms with E-state index in [0.29, 0.717) is 76.0 Å².